The Kier molecular flexibility index (Phi) is 6.84. The number of ether oxygens (including phenoxy) is 1. The highest BCUT2D eigenvalue weighted by Crippen LogP contribution is 2.25. The van der Waals surface area contributed by atoms with E-state index in [-0.39, 0.29) is 24.4 Å². The number of carbonyl (C=O) groups excluding carboxylic acids is 4. The number of anilines is 1. The molecule has 0 unspecified atom stereocenters. The molecule has 1 aromatic heterocycles. The fraction of sp³-hybridized carbons (Fsp3) is 0.263. The lowest BCUT2D eigenvalue weighted by atomic mass is 10.1. The lowest BCUT2D eigenvalue weighted by molar-refractivity contribution is -0.116. The fourth-order valence-corrected chi connectivity index (χ4v) is 3.12. The SMILES string of the molecule is CCOC(=O)N(C)C(=O)c1ccsc1NC(=O)c1cccc(CC(C)=O)c1. The van der Waals surface area contributed by atoms with Crippen LogP contribution < -0.4 is 5.32 Å². The predicted molar refractivity (Wildman–Crippen MR) is 102 cm³/mol. The molecular formula is C19H20N2O5S. The molecule has 0 spiro atoms. The number of amides is 3. The second-order valence-electron chi connectivity index (χ2n) is 5.76. The van der Waals surface area contributed by atoms with Gasteiger partial charge in [0.15, 0.2) is 0 Å². The summed E-state index contributed by atoms with van der Waals surface area (Å²) in [5.74, 6) is -0.980. The Morgan fingerprint density at radius 1 is 1.19 bits per heavy atom. The number of carbonyl (C=O) groups is 4. The van der Waals surface area contributed by atoms with Gasteiger partial charge in [0.1, 0.15) is 10.8 Å². The summed E-state index contributed by atoms with van der Waals surface area (Å²) in [6.45, 7) is 3.28. The van der Waals surface area contributed by atoms with Gasteiger partial charge < -0.3 is 10.1 Å². The molecule has 1 N–H and O–H groups in total. The Bertz CT molecular complexity index is 874. The third kappa shape index (κ3) is 5.24. The van der Waals surface area contributed by atoms with Gasteiger partial charge in [0, 0.05) is 19.0 Å². The first-order valence-electron chi connectivity index (χ1n) is 8.25. The van der Waals surface area contributed by atoms with E-state index in [1.54, 1.807) is 36.6 Å². The van der Waals surface area contributed by atoms with Crippen LogP contribution in [0.3, 0.4) is 0 Å². The molecule has 0 saturated carbocycles. The van der Waals surface area contributed by atoms with Crippen LogP contribution in [0.2, 0.25) is 0 Å². The number of thiophene rings is 1. The minimum absolute atomic E-state index is 0.000649. The van der Waals surface area contributed by atoms with Crippen molar-refractivity contribution in [2.24, 2.45) is 0 Å². The molecular weight excluding hydrogens is 368 g/mol. The smallest absolute Gasteiger partial charge is 0.416 e. The summed E-state index contributed by atoms with van der Waals surface area (Å²) in [5, 5.41) is 4.67. The molecule has 0 radical (unpaired) electrons. The minimum atomic E-state index is -0.761. The van der Waals surface area contributed by atoms with Crippen molar-refractivity contribution in [1.82, 2.24) is 4.90 Å². The zero-order chi connectivity index (χ0) is 20.0. The van der Waals surface area contributed by atoms with E-state index in [0.717, 1.165) is 10.5 Å². The predicted octanol–water partition coefficient (Wildman–Crippen LogP) is 3.36. The summed E-state index contributed by atoms with van der Waals surface area (Å²) in [4.78, 5) is 48.8. The number of hydrogen-bond acceptors (Lipinski definition) is 6. The van der Waals surface area contributed by atoms with Gasteiger partial charge in [0.05, 0.1) is 12.2 Å². The van der Waals surface area contributed by atoms with Crippen LogP contribution in [0.5, 0.6) is 0 Å². The van der Waals surface area contributed by atoms with Gasteiger partial charge >= 0.3 is 6.09 Å². The molecule has 0 fully saturated rings. The molecule has 0 aliphatic rings. The Hall–Kier alpha value is -3.00. The monoisotopic (exact) mass is 388 g/mol. The molecule has 8 heteroatoms. The number of ketones is 1. The van der Waals surface area contributed by atoms with Crippen molar-refractivity contribution in [2.75, 3.05) is 19.0 Å². The first kappa shape index (κ1) is 20.3. The van der Waals surface area contributed by atoms with Crippen LogP contribution >= 0.6 is 11.3 Å². The molecule has 2 aromatic rings. The summed E-state index contributed by atoms with van der Waals surface area (Å²) in [6.07, 6.45) is -0.517. The average molecular weight is 388 g/mol. The standard InChI is InChI=1S/C19H20N2O5S/c1-4-26-19(25)21(3)18(24)15-8-9-27-17(15)20-16(23)14-7-5-6-13(11-14)10-12(2)22/h5-9,11H,4,10H2,1-3H3,(H,20,23). The molecule has 7 nitrogen and oxygen atoms in total. The summed E-state index contributed by atoms with van der Waals surface area (Å²) in [5.41, 5.74) is 1.31. The Morgan fingerprint density at radius 3 is 2.59 bits per heavy atom. The van der Waals surface area contributed by atoms with Crippen molar-refractivity contribution in [3.8, 4) is 0 Å². The van der Waals surface area contributed by atoms with Crippen molar-refractivity contribution in [3.05, 3.63) is 52.4 Å². The van der Waals surface area contributed by atoms with Crippen LogP contribution in [0, 0.1) is 0 Å². The van der Waals surface area contributed by atoms with Crippen LogP contribution in [-0.4, -0.2) is 42.2 Å². The van der Waals surface area contributed by atoms with Gasteiger partial charge in [-0.2, -0.15) is 0 Å². The summed E-state index contributed by atoms with van der Waals surface area (Å²) in [6, 6.07) is 8.26. The van der Waals surface area contributed by atoms with E-state index in [4.69, 9.17) is 4.74 Å². The second-order valence-corrected chi connectivity index (χ2v) is 6.68. The average Bonchev–Trinajstić information content (AvgIpc) is 3.08. The number of nitrogens with zero attached hydrogens (tertiary/aromatic N) is 1. The van der Waals surface area contributed by atoms with Crippen LogP contribution in [0.25, 0.3) is 0 Å². The van der Waals surface area contributed by atoms with Gasteiger partial charge in [0.2, 0.25) is 0 Å². The van der Waals surface area contributed by atoms with Gasteiger partial charge in [0.25, 0.3) is 11.8 Å². The number of imide groups is 1. The summed E-state index contributed by atoms with van der Waals surface area (Å²) in [7, 11) is 1.31. The Morgan fingerprint density at radius 2 is 1.93 bits per heavy atom. The number of rotatable bonds is 6. The molecule has 0 atom stereocenters. The highest BCUT2D eigenvalue weighted by molar-refractivity contribution is 7.14. The van der Waals surface area contributed by atoms with E-state index in [0.29, 0.717) is 10.6 Å². The number of Topliss-reactive ketones (excluding diaryl/α,β-unsaturated/α-hetero) is 1. The molecule has 0 aliphatic carbocycles. The van der Waals surface area contributed by atoms with E-state index < -0.39 is 17.9 Å². The quantitative estimate of drug-likeness (QED) is 0.819. The molecule has 0 aliphatic heterocycles. The van der Waals surface area contributed by atoms with Crippen LogP contribution in [0.1, 0.15) is 40.1 Å². The van der Waals surface area contributed by atoms with Gasteiger partial charge in [-0.15, -0.1) is 11.3 Å². The van der Waals surface area contributed by atoms with Crippen LogP contribution in [0.15, 0.2) is 35.7 Å². The van der Waals surface area contributed by atoms with Crippen molar-refractivity contribution in [1.29, 1.82) is 0 Å². The van der Waals surface area contributed by atoms with Gasteiger partial charge in [-0.25, -0.2) is 9.69 Å². The molecule has 1 heterocycles. The van der Waals surface area contributed by atoms with E-state index >= 15 is 0 Å². The van der Waals surface area contributed by atoms with Crippen LogP contribution in [0.4, 0.5) is 9.80 Å². The molecule has 142 valence electrons. The normalized spacial score (nSPS) is 10.2. The second kappa shape index (κ2) is 9.09. The van der Waals surface area contributed by atoms with E-state index in [1.165, 1.54) is 31.4 Å². The highest BCUT2D eigenvalue weighted by Gasteiger charge is 2.24. The molecule has 1 aromatic carbocycles. The summed E-state index contributed by atoms with van der Waals surface area (Å²) < 4.78 is 4.81. The first-order chi connectivity index (χ1) is 12.8. The number of hydrogen-bond donors (Lipinski definition) is 1. The highest BCUT2D eigenvalue weighted by atomic mass is 32.1. The van der Waals surface area contributed by atoms with E-state index in [2.05, 4.69) is 5.32 Å². The lowest BCUT2D eigenvalue weighted by Gasteiger charge is -2.15. The van der Waals surface area contributed by atoms with Crippen molar-refractivity contribution in [3.63, 3.8) is 0 Å². The molecule has 0 saturated heterocycles. The Balaban J connectivity index is 2.16. The zero-order valence-corrected chi connectivity index (χ0v) is 16.1. The third-order valence-electron chi connectivity index (χ3n) is 3.61. The van der Waals surface area contributed by atoms with Crippen LogP contribution in [-0.2, 0) is 16.0 Å². The van der Waals surface area contributed by atoms with Gasteiger partial charge in [-0.05, 0) is 43.0 Å². The fourth-order valence-electron chi connectivity index (χ4n) is 2.34. The Labute approximate surface area is 160 Å². The maximum absolute atomic E-state index is 12.5. The van der Waals surface area contributed by atoms with Crippen molar-refractivity contribution >= 4 is 40.0 Å². The van der Waals surface area contributed by atoms with E-state index in [1.807, 2.05) is 0 Å². The van der Waals surface area contributed by atoms with E-state index in [9.17, 15) is 19.2 Å². The summed E-state index contributed by atoms with van der Waals surface area (Å²) >= 11 is 1.17. The molecule has 3 amide bonds. The lowest BCUT2D eigenvalue weighted by Crippen LogP contribution is -2.34. The zero-order valence-electron chi connectivity index (χ0n) is 15.3. The maximum atomic E-state index is 12.5. The molecule has 2 rings (SSSR count). The van der Waals surface area contributed by atoms with Gasteiger partial charge in [-0.3, -0.25) is 14.4 Å². The molecule has 27 heavy (non-hydrogen) atoms. The largest absolute Gasteiger partial charge is 0.449 e. The molecule has 0 bridgehead atoms. The number of benzene rings is 1. The third-order valence-corrected chi connectivity index (χ3v) is 4.44. The van der Waals surface area contributed by atoms with Gasteiger partial charge in [-0.1, -0.05) is 12.1 Å². The van der Waals surface area contributed by atoms with Crippen molar-refractivity contribution in [2.45, 2.75) is 20.3 Å². The first-order valence-corrected chi connectivity index (χ1v) is 9.13. The number of nitrogens with one attached hydrogen (secondary N) is 1. The topological polar surface area (TPSA) is 92.8 Å². The van der Waals surface area contributed by atoms with Crippen molar-refractivity contribution < 1.29 is 23.9 Å². The minimum Gasteiger partial charge on any atom is -0.449 e. The maximum Gasteiger partial charge on any atom is 0.416 e.